The van der Waals surface area contributed by atoms with Crippen LogP contribution >= 0.6 is 0 Å². The third-order valence-corrected chi connectivity index (χ3v) is 5.36. The van der Waals surface area contributed by atoms with E-state index in [-0.39, 0.29) is 5.25 Å². The normalized spacial score (nSPS) is 20.9. The molecule has 0 amide bonds. The number of hydrogen-bond donors (Lipinski definition) is 1. The third-order valence-electron chi connectivity index (χ3n) is 3.12. The van der Waals surface area contributed by atoms with E-state index in [2.05, 4.69) is 5.32 Å². The Morgan fingerprint density at radius 1 is 1.35 bits per heavy atom. The molecule has 1 fully saturated rings. The van der Waals surface area contributed by atoms with Crippen molar-refractivity contribution in [2.45, 2.75) is 18.2 Å². The lowest BCUT2D eigenvalue weighted by Crippen LogP contribution is -2.36. The highest BCUT2D eigenvalue weighted by molar-refractivity contribution is 7.89. The molecule has 1 atom stereocenters. The zero-order chi connectivity index (χ0) is 12.3. The van der Waals surface area contributed by atoms with Crippen molar-refractivity contribution in [1.82, 2.24) is 9.62 Å². The topological polar surface area (TPSA) is 49.4 Å². The Bertz CT molecular complexity index is 453. The van der Waals surface area contributed by atoms with Gasteiger partial charge in [0, 0.05) is 20.1 Å². The maximum Gasteiger partial charge on any atom is 0.218 e. The predicted octanol–water partition coefficient (Wildman–Crippen LogP) is 0.810. The molecule has 1 N–H and O–H groups in total. The fraction of sp³-hybridized carbons (Fsp3) is 0.500. The highest BCUT2D eigenvalue weighted by Gasteiger charge is 2.31. The molecule has 94 valence electrons. The van der Waals surface area contributed by atoms with E-state index in [0.717, 1.165) is 12.1 Å². The van der Waals surface area contributed by atoms with E-state index in [1.165, 1.54) is 4.31 Å². The van der Waals surface area contributed by atoms with Gasteiger partial charge >= 0.3 is 0 Å². The molecule has 1 aromatic rings. The lowest BCUT2D eigenvalue weighted by Gasteiger charge is -2.21. The number of nitrogens with zero attached hydrogens (tertiary/aromatic N) is 1. The van der Waals surface area contributed by atoms with Crippen molar-refractivity contribution in [2.24, 2.45) is 0 Å². The largest absolute Gasteiger partial charge is 0.315 e. The minimum Gasteiger partial charge on any atom is -0.315 e. The molecular formula is C12H18N2O2S. The third kappa shape index (κ3) is 2.86. The first-order chi connectivity index (χ1) is 8.10. The van der Waals surface area contributed by atoms with E-state index in [9.17, 15) is 8.42 Å². The molecule has 0 aliphatic carbocycles. The highest BCUT2D eigenvalue weighted by Crippen LogP contribution is 2.16. The van der Waals surface area contributed by atoms with Crippen LogP contribution in [-0.2, 0) is 16.6 Å². The summed E-state index contributed by atoms with van der Waals surface area (Å²) in [6.45, 7) is 1.81. The van der Waals surface area contributed by atoms with E-state index in [4.69, 9.17) is 0 Å². The second kappa shape index (κ2) is 5.16. The summed E-state index contributed by atoms with van der Waals surface area (Å²) in [6.07, 6.45) is 0.710. The van der Waals surface area contributed by atoms with Gasteiger partial charge in [0.1, 0.15) is 0 Å². The van der Waals surface area contributed by atoms with Gasteiger partial charge in [0.05, 0.1) is 5.25 Å². The number of hydrogen-bond acceptors (Lipinski definition) is 3. The fourth-order valence-electron chi connectivity index (χ4n) is 2.07. The lowest BCUT2D eigenvalue weighted by molar-refractivity contribution is 0.457. The van der Waals surface area contributed by atoms with Crippen molar-refractivity contribution in [3.05, 3.63) is 35.9 Å². The van der Waals surface area contributed by atoms with Gasteiger partial charge in [-0.15, -0.1) is 0 Å². The van der Waals surface area contributed by atoms with Gasteiger partial charge in [-0.2, -0.15) is 0 Å². The molecule has 1 heterocycles. The summed E-state index contributed by atoms with van der Waals surface area (Å²) in [7, 11) is -1.51. The maximum absolute atomic E-state index is 12.2. The Labute approximate surface area is 103 Å². The summed E-state index contributed by atoms with van der Waals surface area (Å²) >= 11 is 0. The van der Waals surface area contributed by atoms with Crippen molar-refractivity contribution >= 4 is 10.0 Å². The van der Waals surface area contributed by atoms with Gasteiger partial charge in [-0.1, -0.05) is 30.3 Å². The smallest absolute Gasteiger partial charge is 0.218 e. The van der Waals surface area contributed by atoms with Gasteiger partial charge in [-0.25, -0.2) is 12.7 Å². The molecule has 1 aliphatic rings. The first-order valence-corrected chi connectivity index (χ1v) is 7.31. The van der Waals surface area contributed by atoms with Crippen LogP contribution in [0.15, 0.2) is 30.3 Å². The molecular weight excluding hydrogens is 236 g/mol. The Hall–Kier alpha value is -0.910. The average Bonchev–Trinajstić information content (AvgIpc) is 2.84. The summed E-state index contributed by atoms with van der Waals surface area (Å²) in [5.41, 5.74) is 1.02. The van der Waals surface area contributed by atoms with Crippen molar-refractivity contribution in [1.29, 1.82) is 0 Å². The first-order valence-electron chi connectivity index (χ1n) is 5.80. The van der Waals surface area contributed by atoms with Crippen molar-refractivity contribution in [3.63, 3.8) is 0 Å². The van der Waals surface area contributed by atoms with Crippen LogP contribution in [0.5, 0.6) is 0 Å². The number of rotatable bonds is 4. The van der Waals surface area contributed by atoms with Crippen LogP contribution in [0.3, 0.4) is 0 Å². The molecule has 1 unspecified atom stereocenters. The molecule has 0 spiro atoms. The Morgan fingerprint density at radius 3 is 2.65 bits per heavy atom. The van der Waals surface area contributed by atoms with Gasteiger partial charge in [0.25, 0.3) is 0 Å². The van der Waals surface area contributed by atoms with E-state index in [1.807, 2.05) is 30.3 Å². The van der Waals surface area contributed by atoms with E-state index < -0.39 is 10.0 Å². The van der Waals surface area contributed by atoms with Crippen LogP contribution in [0.2, 0.25) is 0 Å². The van der Waals surface area contributed by atoms with Crippen molar-refractivity contribution in [3.8, 4) is 0 Å². The molecule has 4 nitrogen and oxygen atoms in total. The highest BCUT2D eigenvalue weighted by atomic mass is 32.2. The van der Waals surface area contributed by atoms with Crippen LogP contribution in [-0.4, -0.2) is 38.1 Å². The quantitative estimate of drug-likeness (QED) is 0.865. The standard InChI is InChI=1S/C12H18N2O2S/c1-14(10-11-5-3-2-4-6-11)17(15,16)12-7-8-13-9-12/h2-6,12-13H,7-10H2,1H3. The van der Waals surface area contributed by atoms with Crippen LogP contribution < -0.4 is 5.32 Å². The Kier molecular flexibility index (Phi) is 3.81. The molecule has 5 heteroatoms. The minimum absolute atomic E-state index is 0.267. The van der Waals surface area contributed by atoms with Crippen LogP contribution in [0.1, 0.15) is 12.0 Å². The summed E-state index contributed by atoms with van der Waals surface area (Å²) in [4.78, 5) is 0. The Balaban J connectivity index is 2.06. The average molecular weight is 254 g/mol. The zero-order valence-electron chi connectivity index (χ0n) is 9.96. The van der Waals surface area contributed by atoms with Crippen LogP contribution in [0, 0.1) is 0 Å². The molecule has 1 aromatic carbocycles. The van der Waals surface area contributed by atoms with E-state index in [1.54, 1.807) is 7.05 Å². The number of sulfonamides is 1. The molecule has 0 aromatic heterocycles. The summed E-state index contributed by atoms with van der Waals surface area (Å²) < 4.78 is 25.9. The lowest BCUT2D eigenvalue weighted by atomic mass is 10.2. The molecule has 0 radical (unpaired) electrons. The fourth-order valence-corrected chi connectivity index (χ4v) is 3.65. The maximum atomic E-state index is 12.2. The molecule has 0 saturated carbocycles. The second-order valence-corrected chi connectivity index (χ2v) is 6.72. The van der Waals surface area contributed by atoms with Gasteiger partial charge in [-0.3, -0.25) is 0 Å². The first kappa shape index (κ1) is 12.5. The van der Waals surface area contributed by atoms with Gasteiger partial charge in [0.2, 0.25) is 10.0 Å². The summed E-state index contributed by atoms with van der Waals surface area (Å²) in [6, 6.07) is 9.66. The predicted molar refractivity (Wildman–Crippen MR) is 68.1 cm³/mol. The monoisotopic (exact) mass is 254 g/mol. The van der Waals surface area contributed by atoms with Gasteiger partial charge in [-0.05, 0) is 18.5 Å². The number of nitrogens with one attached hydrogen (secondary N) is 1. The summed E-state index contributed by atoms with van der Waals surface area (Å²) in [5.74, 6) is 0. The van der Waals surface area contributed by atoms with E-state index in [0.29, 0.717) is 19.5 Å². The molecule has 2 rings (SSSR count). The van der Waals surface area contributed by atoms with Gasteiger partial charge < -0.3 is 5.32 Å². The van der Waals surface area contributed by atoms with E-state index >= 15 is 0 Å². The van der Waals surface area contributed by atoms with Crippen molar-refractivity contribution in [2.75, 3.05) is 20.1 Å². The Morgan fingerprint density at radius 2 is 2.06 bits per heavy atom. The second-order valence-electron chi connectivity index (χ2n) is 4.40. The molecule has 1 aliphatic heterocycles. The van der Waals surface area contributed by atoms with Crippen LogP contribution in [0.4, 0.5) is 0 Å². The minimum atomic E-state index is -3.17. The van der Waals surface area contributed by atoms with Crippen LogP contribution in [0.25, 0.3) is 0 Å². The number of benzene rings is 1. The SMILES string of the molecule is CN(Cc1ccccc1)S(=O)(=O)C1CCNC1. The molecule has 1 saturated heterocycles. The zero-order valence-corrected chi connectivity index (χ0v) is 10.8. The molecule has 17 heavy (non-hydrogen) atoms. The van der Waals surface area contributed by atoms with Gasteiger partial charge in [0.15, 0.2) is 0 Å². The summed E-state index contributed by atoms with van der Waals surface area (Å²) in [5, 5.41) is 2.82. The molecule has 0 bridgehead atoms. The van der Waals surface area contributed by atoms with Crippen molar-refractivity contribution < 1.29 is 8.42 Å².